The standard InChI is InChI=1S/C25H26N4O5S/c1-34-20-9-7-19(8-10-20)26-25(31)28-14-17-13-18(16-28)23-12-11-22(24(30)29(23)15-17)27-35(32,33)21-5-3-2-4-6-21/h2-12,17-18,27H,13-16H2,1H3,(H,26,31)/t17-,18-/m1/s1. The number of benzene rings is 2. The first-order chi connectivity index (χ1) is 16.8. The minimum absolute atomic E-state index is 0.00315. The summed E-state index contributed by atoms with van der Waals surface area (Å²) in [5.74, 6) is 0.807. The molecule has 2 aromatic carbocycles. The molecule has 0 saturated carbocycles. The van der Waals surface area contributed by atoms with Gasteiger partial charge in [0.15, 0.2) is 0 Å². The molecule has 2 atom stereocenters. The number of aromatic nitrogens is 1. The number of carbonyl (C=O) groups is 1. The first kappa shape index (κ1) is 23.0. The van der Waals surface area contributed by atoms with E-state index in [4.69, 9.17) is 4.74 Å². The molecule has 0 spiro atoms. The summed E-state index contributed by atoms with van der Waals surface area (Å²) in [6.45, 7) is 1.43. The number of hydrogen-bond donors (Lipinski definition) is 2. The Labute approximate surface area is 203 Å². The van der Waals surface area contributed by atoms with E-state index in [2.05, 4.69) is 10.0 Å². The van der Waals surface area contributed by atoms with Crippen molar-refractivity contribution in [2.75, 3.05) is 30.2 Å². The molecule has 182 valence electrons. The number of nitrogens with zero attached hydrogens (tertiary/aromatic N) is 2. The Morgan fingerprint density at radius 3 is 2.43 bits per heavy atom. The molecule has 2 aliphatic rings. The Hall–Kier alpha value is -3.79. The minimum Gasteiger partial charge on any atom is -0.497 e. The van der Waals surface area contributed by atoms with Crippen LogP contribution in [-0.2, 0) is 16.6 Å². The van der Waals surface area contributed by atoms with Crippen molar-refractivity contribution in [1.29, 1.82) is 0 Å². The van der Waals surface area contributed by atoms with Crippen molar-refractivity contribution in [2.24, 2.45) is 5.92 Å². The Morgan fingerprint density at radius 2 is 1.71 bits per heavy atom. The van der Waals surface area contributed by atoms with Crippen LogP contribution >= 0.6 is 0 Å². The first-order valence-corrected chi connectivity index (χ1v) is 12.8. The summed E-state index contributed by atoms with van der Waals surface area (Å²) in [6.07, 6.45) is 0.876. The lowest BCUT2D eigenvalue weighted by molar-refractivity contribution is 0.139. The fraction of sp³-hybridized carbons (Fsp3) is 0.280. The normalized spacial score (nSPS) is 18.9. The summed E-state index contributed by atoms with van der Waals surface area (Å²) in [5.41, 5.74) is 1.15. The number of rotatable bonds is 5. The van der Waals surface area contributed by atoms with Crippen molar-refractivity contribution in [2.45, 2.75) is 23.8 Å². The van der Waals surface area contributed by atoms with Crippen LogP contribution in [0.5, 0.6) is 5.75 Å². The predicted molar refractivity (Wildman–Crippen MR) is 132 cm³/mol. The second-order valence-corrected chi connectivity index (χ2v) is 10.6. The molecule has 0 unspecified atom stereocenters. The van der Waals surface area contributed by atoms with Gasteiger partial charge in [0, 0.05) is 36.9 Å². The summed E-state index contributed by atoms with van der Waals surface area (Å²) in [5, 5.41) is 2.92. The molecule has 0 aliphatic carbocycles. The Bertz CT molecular complexity index is 1400. The number of nitrogens with one attached hydrogen (secondary N) is 2. The van der Waals surface area contributed by atoms with E-state index in [1.54, 1.807) is 65.1 Å². The van der Waals surface area contributed by atoms with Crippen molar-refractivity contribution < 1.29 is 17.9 Å². The van der Waals surface area contributed by atoms with Crippen LogP contribution in [0.25, 0.3) is 0 Å². The smallest absolute Gasteiger partial charge is 0.321 e. The van der Waals surface area contributed by atoms with Gasteiger partial charge in [-0.05, 0) is 60.9 Å². The molecule has 5 rings (SSSR count). The molecule has 3 heterocycles. The zero-order chi connectivity index (χ0) is 24.6. The third-order valence-corrected chi connectivity index (χ3v) is 7.91. The van der Waals surface area contributed by atoms with Crippen molar-refractivity contribution in [1.82, 2.24) is 9.47 Å². The number of hydrogen-bond acceptors (Lipinski definition) is 5. The van der Waals surface area contributed by atoms with Gasteiger partial charge in [-0.15, -0.1) is 0 Å². The number of ether oxygens (including phenoxy) is 1. The number of fused-ring (bicyclic) bond motifs is 4. The van der Waals surface area contributed by atoms with Crippen LogP contribution in [-0.4, -0.2) is 44.1 Å². The maximum absolute atomic E-state index is 13.2. The topological polar surface area (TPSA) is 110 Å². The Morgan fingerprint density at radius 1 is 0.971 bits per heavy atom. The van der Waals surface area contributed by atoms with E-state index in [-0.39, 0.29) is 34.0 Å². The van der Waals surface area contributed by atoms with Crippen LogP contribution in [0.1, 0.15) is 18.0 Å². The van der Waals surface area contributed by atoms with Crippen LogP contribution in [0, 0.1) is 5.92 Å². The predicted octanol–water partition coefficient (Wildman–Crippen LogP) is 3.31. The molecule has 1 fully saturated rings. The highest BCUT2D eigenvalue weighted by atomic mass is 32.2. The zero-order valence-corrected chi connectivity index (χ0v) is 20.0. The molecule has 1 aromatic heterocycles. The number of anilines is 2. The lowest BCUT2D eigenvalue weighted by Gasteiger charge is -2.42. The number of amides is 2. The van der Waals surface area contributed by atoms with Gasteiger partial charge in [0.25, 0.3) is 15.6 Å². The van der Waals surface area contributed by atoms with Crippen LogP contribution in [0.3, 0.4) is 0 Å². The van der Waals surface area contributed by atoms with Crippen LogP contribution in [0.2, 0.25) is 0 Å². The molecule has 9 nitrogen and oxygen atoms in total. The average molecular weight is 495 g/mol. The van der Waals surface area contributed by atoms with Gasteiger partial charge in [-0.3, -0.25) is 9.52 Å². The number of carbonyl (C=O) groups excluding carboxylic acids is 1. The van der Waals surface area contributed by atoms with E-state index in [0.717, 1.165) is 12.1 Å². The van der Waals surface area contributed by atoms with Gasteiger partial charge in [0.2, 0.25) is 0 Å². The lowest BCUT2D eigenvalue weighted by atomic mass is 9.83. The molecule has 2 aliphatic heterocycles. The zero-order valence-electron chi connectivity index (χ0n) is 19.2. The fourth-order valence-electron chi connectivity index (χ4n) is 4.87. The molecule has 3 aromatic rings. The lowest BCUT2D eigenvalue weighted by Crippen LogP contribution is -2.50. The third kappa shape index (κ3) is 4.61. The number of piperidine rings is 1. The van der Waals surface area contributed by atoms with E-state index in [0.29, 0.717) is 31.1 Å². The number of urea groups is 1. The van der Waals surface area contributed by atoms with E-state index in [9.17, 15) is 18.0 Å². The summed E-state index contributed by atoms with van der Waals surface area (Å²) >= 11 is 0. The highest BCUT2D eigenvalue weighted by Gasteiger charge is 2.37. The molecule has 2 N–H and O–H groups in total. The maximum Gasteiger partial charge on any atom is 0.321 e. The van der Waals surface area contributed by atoms with Crippen molar-refractivity contribution in [3.63, 3.8) is 0 Å². The van der Waals surface area contributed by atoms with Crippen molar-refractivity contribution in [3.8, 4) is 5.75 Å². The number of pyridine rings is 1. The summed E-state index contributed by atoms with van der Waals surface area (Å²) < 4.78 is 34.7. The third-order valence-electron chi connectivity index (χ3n) is 6.53. The monoisotopic (exact) mass is 494 g/mol. The van der Waals surface area contributed by atoms with E-state index in [1.165, 1.54) is 18.2 Å². The van der Waals surface area contributed by atoms with Gasteiger partial charge in [-0.1, -0.05) is 18.2 Å². The van der Waals surface area contributed by atoms with Gasteiger partial charge >= 0.3 is 6.03 Å². The molecule has 10 heteroatoms. The summed E-state index contributed by atoms with van der Waals surface area (Å²) in [7, 11) is -2.28. The molecular formula is C25H26N4O5S. The molecule has 0 radical (unpaired) electrons. The van der Waals surface area contributed by atoms with Gasteiger partial charge in [0.05, 0.1) is 12.0 Å². The highest BCUT2D eigenvalue weighted by Crippen LogP contribution is 2.36. The van der Waals surface area contributed by atoms with Crippen LogP contribution in [0.15, 0.2) is 76.4 Å². The van der Waals surface area contributed by atoms with Gasteiger partial charge in [-0.25, -0.2) is 13.2 Å². The highest BCUT2D eigenvalue weighted by molar-refractivity contribution is 7.92. The number of likely N-dealkylation sites (tertiary alicyclic amines) is 1. The Kier molecular flexibility index (Phi) is 5.98. The second kappa shape index (κ2) is 9.10. The van der Waals surface area contributed by atoms with Crippen LogP contribution in [0.4, 0.5) is 16.2 Å². The average Bonchev–Trinajstić information content (AvgIpc) is 2.87. The number of sulfonamides is 1. The molecular weight excluding hydrogens is 468 g/mol. The summed E-state index contributed by atoms with van der Waals surface area (Å²) in [4.78, 5) is 28.0. The Balaban J connectivity index is 1.33. The first-order valence-electron chi connectivity index (χ1n) is 11.4. The van der Waals surface area contributed by atoms with Crippen molar-refractivity contribution >= 4 is 27.4 Å². The quantitative estimate of drug-likeness (QED) is 0.566. The summed E-state index contributed by atoms with van der Waals surface area (Å²) in [6, 6.07) is 18.2. The molecule has 2 amide bonds. The second-order valence-electron chi connectivity index (χ2n) is 8.87. The van der Waals surface area contributed by atoms with E-state index >= 15 is 0 Å². The molecule has 2 bridgehead atoms. The van der Waals surface area contributed by atoms with Gasteiger partial charge in [-0.2, -0.15) is 0 Å². The van der Waals surface area contributed by atoms with Crippen molar-refractivity contribution in [3.05, 3.63) is 82.8 Å². The largest absolute Gasteiger partial charge is 0.497 e. The molecule has 1 saturated heterocycles. The van der Waals surface area contributed by atoms with Gasteiger partial charge < -0.3 is 19.5 Å². The minimum atomic E-state index is -3.87. The van der Waals surface area contributed by atoms with E-state index in [1.807, 2.05) is 0 Å². The van der Waals surface area contributed by atoms with Crippen LogP contribution < -0.4 is 20.3 Å². The molecule has 35 heavy (non-hydrogen) atoms. The van der Waals surface area contributed by atoms with Gasteiger partial charge in [0.1, 0.15) is 11.4 Å². The fourth-order valence-corrected chi connectivity index (χ4v) is 5.95. The number of methoxy groups -OCH3 is 1. The SMILES string of the molecule is COc1ccc(NC(=O)N2C[C@H]3C[C@H](C2)c2ccc(NS(=O)(=O)c4ccccc4)c(=O)n2C3)cc1. The van der Waals surface area contributed by atoms with E-state index < -0.39 is 10.0 Å². The maximum atomic E-state index is 13.2.